The molecule has 0 saturated carbocycles. The van der Waals surface area contributed by atoms with Gasteiger partial charge in [-0.05, 0) is 13.8 Å². The summed E-state index contributed by atoms with van der Waals surface area (Å²) in [4.78, 5) is 0. The van der Waals surface area contributed by atoms with Gasteiger partial charge in [-0.25, -0.2) is 4.39 Å². The first-order valence-corrected chi connectivity index (χ1v) is 4.18. The minimum atomic E-state index is -1.04. The number of halogens is 1. The molecule has 0 aliphatic carbocycles. The Bertz CT molecular complexity index is 69.9. The van der Waals surface area contributed by atoms with Crippen molar-refractivity contribution in [1.82, 2.24) is 0 Å². The minimum absolute atomic E-state index is 0.546. The van der Waals surface area contributed by atoms with Gasteiger partial charge in [0.2, 0.25) is 0 Å². The molecule has 0 aromatic heterocycles. The lowest BCUT2D eigenvalue weighted by molar-refractivity contribution is 0.253. The first kappa shape index (κ1) is 9.24. The van der Waals surface area contributed by atoms with Gasteiger partial charge < -0.3 is 5.73 Å². The van der Waals surface area contributed by atoms with Crippen molar-refractivity contribution in [2.75, 3.05) is 18.1 Å². The van der Waals surface area contributed by atoms with Crippen molar-refractivity contribution < 1.29 is 4.39 Å². The molecule has 56 valence electrons. The zero-order chi connectivity index (χ0) is 7.33. The molecule has 0 aliphatic heterocycles. The smallest absolute Gasteiger partial charge is 0.114 e. The third kappa shape index (κ3) is 8.24. The van der Waals surface area contributed by atoms with Crippen molar-refractivity contribution in [1.29, 1.82) is 0 Å². The largest absolute Gasteiger partial charge is 0.330 e. The lowest BCUT2D eigenvalue weighted by atomic mass is 10.2. The Morgan fingerprint density at radius 1 is 1.56 bits per heavy atom. The number of alkyl halides is 1. The highest BCUT2D eigenvalue weighted by molar-refractivity contribution is 7.99. The van der Waals surface area contributed by atoms with E-state index < -0.39 is 5.67 Å². The molecule has 0 aliphatic rings. The normalized spacial score (nSPS) is 12.0. The molecule has 3 heteroatoms. The quantitative estimate of drug-likeness (QED) is 0.615. The van der Waals surface area contributed by atoms with E-state index in [1.165, 1.54) is 0 Å². The van der Waals surface area contributed by atoms with Crippen molar-refractivity contribution in [3.63, 3.8) is 0 Å². The summed E-state index contributed by atoms with van der Waals surface area (Å²) in [5, 5.41) is 0. The van der Waals surface area contributed by atoms with Gasteiger partial charge in [0.05, 0.1) is 0 Å². The van der Waals surface area contributed by atoms with E-state index in [9.17, 15) is 4.39 Å². The summed E-state index contributed by atoms with van der Waals surface area (Å²) in [6.45, 7) is 3.80. The summed E-state index contributed by atoms with van der Waals surface area (Å²) < 4.78 is 12.7. The van der Waals surface area contributed by atoms with E-state index in [0.29, 0.717) is 12.3 Å². The number of rotatable bonds is 4. The third-order valence-electron chi connectivity index (χ3n) is 0.707. The third-order valence-corrected chi connectivity index (χ3v) is 2.12. The van der Waals surface area contributed by atoms with Crippen LogP contribution in [0.25, 0.3) is 0 Å². The van der Waals surface area contributed by atoms with Crippen LogP contribution in [0.4, 0.5) is 4.39 Å². The fraction of sp³-hybridized carbons (Fsp3) is 1.00. The second-order valence-corrected chi connectivity index (χ2v) is 3.67. The average Bonchev–Trinajstić information content (AvgIpc) is 1.63. The molecule has 0 radical (unpaired) electrons. The summed E-state index contributed by atoms with van der Waals surface area (Å²) in [7, 11) is 0. The molecule has 0 bridgehead atoms. The number of hydrogen-bond donors (Lipinski definition) is 1. The first-order chi connectivity index (χ1) is 4.06. The van der Waals surface area contributed by atoms with Gasteiger partial charge in [0.15, 0.2) is 0 Å². The highest BCUT2D eigenvalue weighted by Crippen LogP contribution is 2.15. The number of hydrogen-bond acceptors (Lipinski definition) is 2. The van der Waals surface area contributed by atoms with E-state index in [-0.39, 0.29) is 0 Å². The van der Waals surface area contributed by atoms with Crippen LogP contribution in [-0.2, 0) is 0 Å². The van der Waals surface area contributed by atoms with Crippen molar-refractivity contribution in [2.24, 2.45) is 5.73 Å². The molecular formula is C6H14FNS. The summed E-state index contributed by atoms with van der Waals surface area (Å²) in [6, 6.07) is 0. The van der Waals surface area contributed by atoms with Crippen LogP contribution in [0.3, 0.4) is 0 Å². The van der Waals surface area contributed by atoms with Gasteiger partial charge in [-0.1, -0.05) is 0 Å². The van der Waals surface area contributed by atoms with Gasteiger partial charge in [0.1, 0.15) is 5.67 Å². The molecule has 0 heterocycles. The summed E-state index contributed by atoms with van der Waals surface area (Å²) in [5.41, 5.74) is 4.17. The molecule has 0 saturated heterocycles. The zero-order valence-electron chi connectivity index (χ0n) is 5.98. The SMILES string of the molecule is CC(C)(F)CSCCN. The lowest BCUT2D eigenvalue weighted by Crippen LogP contribution is -2.16. The Morgan fingerprint density at radius 2 is 2.11 bits per heavy atom. The molecule has 0 fully saturated rings. The fourth-order valence-corrected chi connectivity index (χ4v) is 1.19. The van der Waals surface area contributed by atoms with E-state index in [2.05, 4.69) is 0 Å². The van der Waals surface area contributed by atoms with E-state index in [1.54, 1.807) is 25.6 Å². The molecule has 0 aromatic carbocycles. The Hall–Kier alpha value is 0.240. The van der Waals surface area contributed by atoms with E-state index in [4.69, 9.17) is 5.73 Å². The summed E-state index contributed by atoms with van der Waals surface area (Å²) in [6.07, 6.45) is 0. The molecule has 0 aromatic rings. The highest BCUT2D eigenvalue weighted by atomic mass is 32.2. The van der Waals surface area contributed by atoms with E-state index in [1.807, 2.05) is 0 Å². The van der Waals surface area contributed by atoms with Gasteiger partial charge in [-0.15, -0.1) is 0 Å². The first-order valence-electron chi connectivity index (χ1n) is 3.03. The Kier molecular flexibility index (Phi) is 4.23. The standard InChI is InChI=1S/C6H14FNS/c1-6(2,7)5-9-4-3-8/h3-5,8H2,1-2H3. The maximum Gasteiger partial charge on any atom is 0.114 e. The van der Waals surface area contributed by atoms with Gasteiger partial charge in [-0.3, -0.25) is 0 Å². The van der Waals surface area contributed by atoms with Crippen LogP contribution in [0.5, 0.6) is 0 Å². The zero-order valence-corrected chi connectivity index (χ0v) is 6.80. The van der Waals surface area contributed by atoms with Crippen LogP contribution in [0.2, 0.25) is 0 Å². The summed E-state index contributed by atoms with van der Waals surface area (Å²) >= 11 is 1.56. The topological polar surface area (TPSA) is 26.0 Å². The van der Waals surface area contributed by atoms with Gasteiger partial charge in [0.25, 0.3) is 0 Å². The van der Waals surface area contributed by atoms with Gasteiger partial charge in [0, 0.05) is 18.1 Å². The molecule has 9 heavy (non-hydrogen) atoms. The number of thioether (sulfide) groups is 1. The van der Waals surface area contributed by atoms with Crippen LogP contribution in [0.15, 0.2) is 0 Å². The molecule has 0 amide bonds. The van der Waals surface area contributed by atoms with Crippen LogP contribution >= 0.6 is 11.8 Å². The predicted octanol–water partition coefficient (Wildman–Crippen LogP) is 1.43. The summed E-state index contributed by atoms with van der Waals surface area (Å²) in [5.74, 6) is 1.40. The predicted molar refractivity (Wildman–Crippen MR) is 41.6 cm³/mol. The minimum Gasteiger partial charge on any atom is -0.330 e. The van der Waals surface area contributed by atoms with Crippen LogP contribution in [0.1, 0.15) is 13.8 Å². The number of nitrogens with two attached hydrogens (primary N) is 1. The van der Waals surface area contributed by atoms with Crippen molar-refractivity contribution in [2.45, 2.75) is 19.5 Å². The van der Waals surface area contributed by atoms with Crippen LogP contribution in [-0.4, -0.2) is 23.7 Å². The van der Waals surface area contributed by atoms with Gasteiger partial charge >= 0.3 is 0 Å². The molecule has 0 spiro atoms. The maximum atomic E-state index is 12.7. The van der Waals surface area contributed by atoms with Gasteiger partial charge in [-0.2, -0.15) is 11.8 Å². The fourth-order valence-electron chi connectivity index (χ4n) is 0.398. The molecule has 0 unspecified atom stereocenters. The molecular weight excluding hydrogens is 137 g/mol. The Labute approximate surface area is 60.2 Å². The average molecular weight is 151 g/mol. The highest BCUT2D eigenvalue weighted by Gasteiger charge is 2.13. The Morgan fingerprint density at radius 3 is 2.44 bits per heavy atom. The van der Waals surface area contributed by atoms with E-state index >= 15 is 0 Å². The van der Waals surface area contributed by atoms with Crippen LogP contribution < -0.4 is 5.73 Å². The van der Waals surface area contributed by atoms with Crippen molar-refractivity contribution >= 4 is 11.8 Å². The van der Waals surface area contributed by atoms with Crippen LogP contribution in [0, 0.1) is 0 Å². The van der Waals surface area contributed by atoms with E-state index in [0.717, 1.165) is 5.75 Å². The molecule has 1 nitrogen and oxygen atoms in total. The second-order valence-electron chi connectivity index (χ2n) is 2.56. The molecule has 2 N–H and O–H groups in total. The second kappa shape index (κ2) is 4.12. The molecule has 0 atom stereocenters. The van der Waals surface area contributed by atoms with Crippen molar-refractivity contribution in [3.8, 4) is 0 Å². The molecule has 0 rings (SSSR count). The maximum absolute atomic E-state index is 12.7. The monoisotopic (exact) mass is 151 g/mol. The lowest BCUT2D eigenvalue weighted by Gasteiger charge is -2.11. The Balaban J connectivity index is 3.07. The van der Waals surface area contributed by atoms with Crippen molar-refractivity contribution in [3.05, 3.63) is 0 Å².